The fourth-order valence-corrected chi connectivity index (χ4v) is 3.16. The Labute approximate surface area is 150 Å². The predicted molar refractivity (Wildman–Crippen MR) is 95.4 cm³/mol. The van der Waals surface area contributed by atoms with Gasteiger partial charge in [0.2, 0.25) is 0 Å². The quantitative estimate of drug-likeness (QED) is 0.314. The molecule has 1 N–H and O–H groups in total. The molecule has 0 aliphatic heterocycles. The zero-order chi connectivity index (χ0) is 17.7. The van der Waals surface area contributed by atoms with Crippen LogP contribution in [0.2, 0.25) is 0 Å². The topological polar surface area (TPSA) is 64.6 Å². The van der Waals surface area contributed by atoms with Crippen molar-refractivity contribution in [3.63, 3.8) is 0 Å². The number of ether oxygens (including phenoxy) is 2. The van der Waals surface area contributed by atoms with E-state index >= 15 is 0 Å². The van der Waals surface area contributed by atoms with Crippen molar-refractivity contribution in [2.24, 2.45) is 0 Å². The van der Waals surface area contributed by atoms with E-state index in [1.807, 2.05) is 0 Å². The van der Waals surface area contributed by atoms with Crippen molar-refractivity contribution in [2.75, 3.05) is 19.1 Å². The summed E-state index contributed by atoms with van der Waals surface area (Å²) in [6.45, 7) is 2.77. The lowest BCUT2D eigenvalue weighted by molar-refractivity contribution is -0.151. The first-order valence-electron chi connectivity index (χ1n) is 9.33. The molecule has 1 aliphatic carbocycles. The molecule has 0 aromatic heterocycles. The number of unbranched alkanes of at least 4 members (excludes halogenated alkanes) is 6. The van der Waals surface area contributed by atoms with Crippen molar-refractivity contribution in [1.82, 2.24) is 5.32 Å². The second-order valence-electron chi connectivity index (χ2n) is 6.50. The summed E-state index contributed by atoms with van der Waals surface area (Å²) in [5.74, 6) is -0.0860. The molecule has 0 unspecified atom stereocenters. The monoisotopic (exact) mass is 361 g/mol. The number of esters is 1. The third-order valence-electron chi connectivity index (χ3n) is 4.48. The SMILES string of the molecule is CCCCCCCCCOC(=O)C1(NC(=O)OCCCl)CCCC1. The summed E-state index contributed by atoms with van der Waals surface area (Å²) in [4.78, 5) is 24.2. The maximum absolute atomic E-state index is 12.4. The molecule has 0 aromatic carbocycles. The molecular weight excluding hydrogens is 330 g/mol. The number of halogens is 1. The normalized spacial score (nSPS) is 15.9. The van der Waals surface area contributed by atoms with Gasteiger partial charge in [0.15, 0.2) is 0 Å². The molecule has 5 nitrogen and oxygen atoms in total. The van der Waals surface area contributed by atoms with E-state index in [-0.39, 0.29) is 18.5 Å². The van der Waals surface area contributed by atoms with Gasteiger partial charge in [0.05, 0.1) is 12.5 Å². The minimum Gasteiger partial charge on any atom is -0.464 e. The maximum atomic E-state index is 12.4. The first kappa shape index (κ1) is 21.1. The summed E-state index contributed by atoms with van der Waals surface area (Å²) in [7, 11) is 0. The van der Waals surface area contributed by atoms with Gasteiger partial charge >= 0.3 is 12.1 Å². The smallest absolute Gasteiger partial charge is 0.408 e. The highest BCUT2D eigenvalue weighted by molar-refractivity contribution is 6.18. The zero-order valence-electron chi connectivity index (χ0n) is 14.9. The maximum Gasteiger partial charge on any atom is 0.408 e. The highest BCUT2D eigenvalue weighted by atomic mass is 35.5. The molecule has 0 heterocycles. The average molecular weight is 362 g/mol. The molecule has 0 atom stereocenters. The van der Waals surface area contributed by atoms with Crippen LogP contribution in [0.3, 0.4) is 0 Å². The Morgan fingerprint density at radius 2 is 1.58 bits per heavy atom. The van der Waals surface area contributed by atoms with Crippen LogP contribution in [0.1, 0.15) is 77.6 Å². The number of rotatable bonds is 12. The second-order valence-corrected chi connectivity index (χ2v) is 6.87. The molecule has 1 amide bonds. The van der Waals surface area contributed by atoms with Gasteiger partial charge < -0.3 is 14.8 Å². The van der Waals surface area contributed by atoms with Crippen LogP contribution in [0.15, 0.2) is 0 Å². The van der Waals surface area contributed by atoms with E-state index in [9.17, 15) is 9.59 Å². The lowest BCUT2D eigenvalue weighted by Crippen LogP contribution is -2.53. The van der Waals surface area contributed by atoms with Gasteiger partial charge in [0.1, 0.15) is 12.1 Å². The molecule has 0 aromatic rings. The average Bonchev–Trinajstić information content (AvgIpc) is 3.05. The van der Waals surface area contributed by atoms with Gasteiger partial charge in [-0.3, -0.25) is 0 Å². The third-order valence-corrected chi connectivity index (χ3v) is 4.63. The van der Waals surface area contributed by atoms with Gasteiger partial charge in [-0.15, -0.1) is 11.6 Å². The van der Waals surface area contributed by atoms with E-state index in [2.05, 4.69) is 12.2 Å². The van der Waals surface area contributed by atoms with E-state index in [4.69, 9.17) is 21.1 Å². The lowest BCUT2D eigenvalue weighted by Gasteiger charge is -2.27. The molecule has 0 bridgehead atoms. The summed E-state index contributed by atoms with van der Waals surface area (Å²) < 4.78 is 10.4. The molecule has 1 fully saturated rings. The number of alkyl halides is 1. The minimum atomic E-state index is -0.912. The molecule has 24 heavy (non-hydrogen) atoms. The van der Waals surface area contributed by atoms with Crippen LogP contribution >= 0.6 is 11.6 Å². The van der Waals surface area contributed by atoms with E-state index in [1.165, 1.54) is 32.1 Å². The van der Waals surface area contributed by atoms with E-state index in [0.717, 1.165) is 25.7 Å². The second kappa shape index (κ2) is 12.4. The van der Waals surface area contributed by atoms with E-state index in [1.54, 1.807) is 0 Å². The summed E-state index contributed by atoms with van der Waals surface area (Å²) in [6, 6.07) is 0. The number of alkyl carbamates (subject to hydrolysis) is 1. The number of carbonyl (C=O) groups is 2. The zero-order valence-corrected chi connectivity index (χ0v) is 15.7. The largest absolute Gasteiger partial charge is 0.464 e. The Hall–Kier alpha value is -0.970. The minimum absolute atomic E-state index is 0.135. The summed E-state index contributed by atoms with van der Waals surface area (Å²) in [5.41, 5.74) is -0.912. The molecule has 1 rings (SSSR count). The van der Waals surface area contributed by atoms with Crippen molar-refractivity contribution in [3.05, 3.63) is 0 Å². The van der Waals surface area contributed by atoms with Gasteiger partial charge in [-0.25, -0.2) is 9.59 Å². The summed E-state index contributed by atoms with van der Waals surface area (Å²) in [6.07, 6.45) is 10.7. The summed E-state index contributed by atoms with van der Waals surface area (Å²) >= 11 is 5.50. The Morgan fingerprint density at radius 1 is 0.958 bits per heavy atom. The van der Waals surface area contributed by atoms with Crippen molar-refractivity contribution in [1.29, 1.82) is 0 Å². The molecule has 6 heteroatoms. The Kier molecular flexibility index (Phi) is 10.9. The Balaban J connectivity index is 2.27. The standard InChI is InChI=1S/C18H32ClNO4/c1-2-3-4-5-6-7-10-14-23-16(21)18(11-8-9-12-18)20-17(22)24-15-13-19/h2-15H2,1H3,(H,20,22). The highest BCUT2D eigenvalue weighted by Gasteiger charge is 2.44. The Morgan fingerprint density at radius 3 is 2.21 bits per heavy atom. The lowest BCUT2D eigenvalue weighted by atomic mass is 9.98. The van der Waals surface area contributed by atoms with Crippen molar-refractivity contribution >= 4 is 23.7 Å². The fourth-order valence-electron chi connectivity index (χ4n) is 3.08. The van der Waals surface area contributed by atoms with Crippen molar-refractivity contribution < 1.29 is 19.1 Å². The van der Waals surface area contributed by atoms with Crippen LogP contribution in [0.5, 0.6) is 0 Å². The van der Waals surface area contributed by atoms with Crippen LogP contribution in [0.4, 0.5) is 4.79 Å². The molecule has 140 valence electrons. The van der Waals surface area contributed by atoms with Crippen LogP contribution in [0, 0.1) is 0 Å². The predicted octanol–water partition coefficient (Wildman–Crippen LogP) is 4.56. The van der Waals surface area contributed by atoms with Crippen LogP contribution in [-0.4, -0.2) is 36.7 Å². The number of carbonyl (C=O) groups excluding carboxylic acids is 2. The number of amides is 1. The number of nitrogens with one attached hydrogen (secondary N) is 1. The van der Waals surface area contributed by atoms with E-state index < -0.39 is 11.6 Å². The van der Waals surface area contributed by atoms with Crippen LogP contribution in [0.25, 0.3) is 0 Å². The molecular formula is C18H32ClNO4. The van der Waals surface area contributed by atoms with E-state index in [0.29, 0.717) is 19.4 Å². The molecule has 1 saturated carbocycles. The fraction of sp³-hybridized carbons (Fsp3) is 0.889. The molecule has 0 spiro atoms. The van der Waals surface area contributed by atoms with Gasteiger partial charge in [-0.05, 0) is 19.3 Å². The first-order chi connectivity index (χ1) is 11.6. The molecule has 1 aliphatic rings. The number of hydrogen-bond donors (Lipinski definition) is 1. The van der Waals surface area contributed by atoms with Crippen molar-refractivity contribution in [3.8, 4) is 0 Å². The third kappa shape index (κ3) is 7.73. The number of hydrogen-bond acceptors (Lipinski definition) is 4. The van der Waals surface area contributed by atoms with Gasteiger partial charge in [0, 0.05) is 0 Å². The van der Waals surface area contributed by atoms with Crippen LogP contribution in [-0.2, 0) is 14.3 Å². The van der Waals surface area contributed by atoms with Gasteiger partial charge in [-0.1, -0.05) is 58.3 Å². The van der Waals surface area contributed by atoms with Crippen molar-refractivity contribution in [2.45, 2.75) is 83.1 Å². The Bertz CT molecular complexity index is 370. The molecule has 0 saturated heterocycles. The van der Waals surface area contributed by atoms with Gasteiger partial charge in [-0.2, -0.15) is 0 Å². The highest BCUT2D eigenvalue weighted by Crippen LogP contribution is 2.31. The first-order valence-corrected chi connectivity index (χ1v) is 9.86. The van der Waals surface area contributed by atoms with Crippen LogP contribution < -0.4 is 5.32 Å². The molecule has 0 radical (unpaired) electrons. The van der Waals surface area contributed by atoms with Gasteiger partial charge in [0.25, 0.3) is 0 Å². The summed E-state index contributed by atoms with van der Waals surface area (Å²) in [5, 5.41) is 2.71.